The second kappa shape index (κ2) is 2.59. The molecule has 3 nitrogen and oxygen atoms in total. The lowest BCUT2D eigenvalue weighted by Gasteiger charge is -1.88. The van der Waals surface area contributed by atoms with Crippen LogP contribution in [0.3, 0.4) is 0 Å². The van der Waals surface area contributed by atoms with E-state index in [9.17, 15) is 0 Å². The van der Waals surface area contributed by atoms with Crippen LogP contribution in [-0.4, -0.2) is 4.98 Å². The molecule has 0 aliphatic heterocycles. The van der Waals surface area contributed by atoms with Crippen LogP contribution in [0.15, 0.2) is 4.42 Å². The monoisotopic (exact) mass is 166 g/mol. The third-order valence-electron chi connectivity index (χ3n) is 2.52. The molecule has 1 fully saturated rings. The Morgan fingerprint density at radius 1 is 1.67 bits per heavy atom. The van der Waals surface area contributed by atoms with Gasteiger partial charge in [0.1, 0.15) is 5.76 Å². The molecule has 2 unspecified atom stereocenters. The van der Waals surface area contributed by atoms with E-state index in [1.807, 2.05) is 6.92 Å². The summed E-state index contributed by atoms with van der Waals surface area (Å²) in [6.07, 6.45) is 1.21. The number of hydrogen-bond acceptors (Lipinski definition) is 3. The van der Waals surface area contributed by atoms with Crippen molar-refractivity contribution >= 4 is 0 Å². The molecule has 0 spiro atoms. The SMILES string of the molecule is Cc1nc(C2CC2C)oc1CN. The first kappa shape index (κ1) is 7.80. The van der Waals surface area contributed by atoms with Gasteiger partial charge in [0, 0.05) is 5.92 Å². The number of nitrogens with zero attached hydrogens (tertiary/aromatic N) is 1. The normalized spacial score (nSPS) is 27.6. The molecule has 0 saturated heterocycles. The van der Waals surface area contributed by atoms with Crippen LogP contribution in [0.5, 0.6) is 0 Å². The maximum Gasteiger partial charge on any atom is 0.198 e. The summed E-state index contributed by atoms with van der Waals surface area (Å²) >= 11 is 0. The van der Waals surface area contributed by atoms with Crippen LogP contribution in [0, 0.1) is 12.8 Å². The smallest absolute Gasteiger partial charge is 0.198 e. The maximum absolute atomic E-state index is 5.52. The Morgan fingerprint density at radius 3 is 2.75 bits per heavy atom. The molecule has 1 heterocycles. The summed E-state index contributed by atoms with van der Waals surface area (Å²) in [5.41, 5.74) is 6.44. The average molecular weight is 166 g/mol. The fourth-order valence-electron chi connectivity index (χ4n) is 1.46. The van der Waals surface area contributed by atoms with Crippen LogP contribution >= 0.6 is 0 Å². The summed E-state index contributed by atoms with van der Waals surface area (Å²) in [4.78, 5) is 4.35. The summed E-state index contributed by atoms with van der Waals surface area (Å²) in [6, 6.07) is 0. The van der Waals surface area contributed by atoms with Gasteiger partial charge in [-0.1, -0.05) is 6.92 Å². The Labute approximate surface area is 72.0 Å². The molecule has 1 aromatic rings. The highest BCUT2D eigenvalue weighted by Gasteiger charge is 2.38. The van der Waals surface area contributed by atoms with E-state index >= 15 is 0 Å². The number of aryl methyl sites for hydroxylation is 1. The Hall–Kier alpha value is -0.830. The summed E-state index contributed by atoms with van der Waals surface area (Å²) in [5, 5.41) is 0. The summed E-state index contributed by atoms with van der Waals surface area (Å²) in [5.74, 6) is 3.03. The second-order valence-corrected chi connectivity index (χ2v) is 3.58. The van der Waals surface area contributed by atoms with Crippen LogP contribution in [0.4, 0.5) is 0 Å². The topological polar surface area (TPSA) is 52.0 Å². The zero-order valence-electron chi connectivity index (χ0n) is 7.50. The number of aromatic nitrogens is 1. The van der Waals surface area contributed by atoms with E-state index in [0.717, 1.165) is 23.3 Å². The summed E-state index contributed by atoms with van der Waals surface area (Å²) in [7, 11) is 0. The lowest BCUT2D eigenvalue weighted by molar-refractivity contribution is 0.452. The zero-order chi connectivity index (χ0) is 8.72. The largest absolute Gasteiger partial charge is 0.444 e. The molecule has 1 saturated carbocycles. The van der Waals surface area contributed by atoms with Crippen molar-refractivity contribution < 1.29 is 4.42 Å². The quantitative estimate of drug-likeness (QED) is 0.725. The van der Waals surface area contributed by atoms with Gasteiger partial charge in [-0.25, -0.2) is 4.98 Å². The van der Waals surface area contributed by atoms with Gasteiger partial charge in [-0.05, 0) is 19.3 Å². The van der Waals surface area contributed by atoms with Crippen molar-refractivity contribution in [1.82, 2.24) is 4.98 Å². The minimum absolute atomic E-state index is 0.458. The molecule has 0 bridgehead atoms. The Balaban J connectivity index is 2.23. The average Bonchev–Trinajstić information content (AvgIpc) is 2.63. The van der Waals surface area contributed by atoms with Crippen molar-refractivity contribution in [3.05, 3.63) is 17.3 Å². The lowest BCUT2D eigenvalue weighted by Crippen LogP contribution is -1.95. The van der Waals surface area contributed by atoms with Gasteiger partial charge in [-0.15, -0.1) is 0 Å². The van der Waals surface area contributed by atoms with Gasteiger partial charge >= 0.3 is 0 Å². The Kier molecular flexibility index (Phi) is 1.68. The predicted molar refractivity (Wildman–Crippen MR) is 45.7 cm³/mol. The van der Waals surface area contributed by atoms with Gasteiger partial charge in [-0.2, -0.15) is 0 Å². The molecule has 1 aromatic heterocycles. The second-order valence-electron chi connectivity index (χ2n) is 3.58. The third kappa shape index (κ3) is 1.14. The van der Waals surface area contributed by atoms with Gasteiger partial charge in [0.05, 0.1) is 12.2 Å². The highest BCUT2D eigenvalue weighted by Crippen LogP contribution is 2.46. The van der Waals surface area contributed by atoms with Crippen LogP contribution in [0.2, 0.25) is 0 Å². The Bertz CT molecular complexity index is 293. The summed E-state index contributed by atoms with van der Waals surface area (Å²) < 4.78 is 5.52. The zero-order valence-corrected chi connectivity index (χ0v) is 7.50. The molecule has 0 aromatic carbocycles. The van der Waals surface area contributed by atoms with E-state index < -0.39 is 0 Å². The minimum atomic E-state index is 0.458. The molecule has 2 rings (SSSR count). The van der Waals surface area contributed by atoms with E-state index in [1.165, 1.54) is 6.42 Å². The van der Waals surface area contributed by atoms with E-state index in [-0.39, 0.29) is 0 Å². The van der Waals surface area contributed by atoms with Crippen LogP contribution in [-0.2, 0) is 6.54 Å². The molecule has 2 atom stereocenters. The molecule has 2 N–H and O–H groups in total. The third-order valence-corrected chi connectivity index (χ3v) is 2.52. The van der Waals surface area contributed by atoms with Gasteiger partial charge in [0.25, 0.3) is 0 Å². The number of hydrogen-bond donors (Lipinski definition) is 1. The maximum atomic E-state index is 5.52. The molecule has 0 radical (unpaired) electrons. The number of nitrogens with two attached hydrogens (primary N) is 1. The first-order chi connectivity index (χ1) is 5.72. The highest BCUT2D eigenvalue weighted by molar-refractivity contribution is 5.14. The highest BCUT2D eigenvalue weighted by atomic mass is 16.4. The first-order valence-electron chi connectivity index (χ1n) is 4.38. The predicted octanol–water partition coefficient (Wildman–Crippen LogP) is 1.57. The molecular formula is C9H14N2O. The fraction of sp³-hybridized carbons (Fsp3) is 0.667. The van der Waals surface area contributed by atoms with Crippen molar-refractivity contribution in [3.63, 3.8) is 0 Å². The molecule has 3 heteroatoms. The van der Waals surface area contributed by atoms with Gasteiger partial charge in [-0.3, -0.25) is 0 Å². The molecule has 0 amide bonds. The van der Waals surface area contributed by atoms with E-state index in [2.05, 4.69) is 11.9 Å². The van der Waals surface area contributed by atoms with Crippen LogP contribution in [0.25, 0.3) is 0 Å². The first-order valence-corrected chi connectivity index (χ1v) is 4.38. The Morgan fingerprint density at radius 2 is 2.33 bits per heavy atom. The van der Waals surface area contributed by atoms with Crippen molar-refractivity contribution in [1.29, 1.82) is 0 Å². The number of rotatable bonds is 2. The molecule has 1 aliphatic carbocycles. The van der Waals surface area contributed by atoms with Crippen molar-refractivity contribution in [2.45, 2.75) is 32.7 Å². The molecule has 1 aliphatic rings. The van der Waals surface area contributed by atoms with E-state index in [4.69, 9.17) is 10.2 Å². The molecular weight excluding hydrogens is 152 g/mol. The van der Waals surface area contributed by atoms with Gasteiger partial charge < -0.3 is 10.2 Å². The van der Waals surface area contributed by atoms with Gasteiger partial charge in [0.2, 0.25) is 0 Å². The number of oxazole rings is 1. The summed E-state index contributed by atoms with van der Waals surface area (Å²) in [6.45, 7) is 4.62. The lowest BCUT2D eigenvalue weighted by atomic mass is 10.3. The molecule has 66 valence electrons. The fourth-order valence-corrected chi connectivity index (χ4v) is 1.46. The van der Waals surface area contributed by atoms with E-state index in [1.54, 1.807) is 0 Å². The molecule has 12 heavy (non-hydrogen) atoms. The van der Waals surface area contributed by atoms with Crippen molar-refractivity contribution in [3.8, 4) is 0 Å². The van der Waals surface area contributed by atoms with Gasteiger partial charge in [0.15, 0.2) is 5.89 Å². The van der Waals surface area contributed by atoms with Crippen LogP contribution < -0.4 is 5.73 Å². The van der Waals surface area contributed by atoms with E-state index in [0.29, 0.717) is 12.5 Å². The minimum Gasteiger partial charge on any atom is -0.444 e. The van der Waals surface area contributed by atoms with Crippen molar-refractivity contribution in [2.24, 2.45) is 11.7 Å². The van der Waals surface area contributed by atoms with Crippen molar-refractivity contribution in [2.75, 3.05) is 0 Å². The van der Waals surface area contributed by atoms with Crippen LogP contribution in [0.1, 0.15) is 36.6 Å². The standard InChI is InChI=1S/C9H14N2O/c1-5-3-7(5)9-11-6(2)8(4-10)12-9/h5,7H,3-4,10H2,1-2H3.